The van der Waals surface area contributed by atoms with Crippen LogP contribution in [0.15, 0.2) is 60.7 Å². The molecule has 0 aromatic heterocycles. The summed E-state index contributed by atoms with van der Waals surface area (Å²) in [5, 5.41) is 13.0. The standard InChI is InChI=1S/C18H23NO3/c20-16(15-22-18-10-5-2-6-11-18)14-19-12-7-13-21-17-8-3-1-4-9-17/h1-6,8-11,16,19-20H,7,12-15H2. The van der Waals surface area contributed by atoms with Gasteiger partial charge >= 0.3 is 0 Å². The van der Waals surface area contributed by atoms with Gasteiger partial charge < -0.3 is 19.9 Å². The Labute approximate surface area is 131 Å². The summed E-state index contributed by atoms with van der Waals surface area (Å²) in [6, 6.07) is 19.3. The molecule has 0 bridgehead atoms. The number of aliphatic hydroxyl groups excluding tert-OH is 1. The van der Waals surface area contributed by atoms with E-state index in [-0.39, 0.29) is 6.61 Å². The Balaban J connectivity index is 1.48. The molecule has 4 nitrogen and oxygen atoms in total. The molecular weight excluding hydrogens is 278 g/mol. The second-order valence-electron chi connectivity index (χ2n) is 5.00. The summed E-state index contributed by atoms with van der Waals surface area (Å²) in [6.45, 7) is 2.26. The third-order valence-electron chi connectivity index (χ3n) is 3.08. The van der Waals surface area contributed by atoms with E-state index in [1.54, 1.807) is 0 Å². The quantitative estimate of drug-likeness (QED) is 0.662. The second-order valence-corrected chi connectivity index (χ2v) is 5.00. The lowest BCUT2D eigenvalue weighted by Crippen LogP contribution is -2.32. The number of aliphatic hydroxyl groups is 1. The normalized spacial score (nSPS) is 11.9. The fourth-order valence-corrected chi connectivity index (χ4v) is 1.94. The van der Waals surface area contributed by atoms with Crippen molar-refractivity contribution < 1.29 is 14.6 Å². The van der Waals surface area contributed by atoms with Gasteiger partial charge in [-0.15, -0.1) is 0 Å². The maximum atomic E-state index is 9.83. The molecule has 0 spiro atoms. The summed E-state index contributed by atoms with van der Waals surface area (Å²) >= 11 is 0. The number of ether oxygens (including phenoxy) is 2. The van der Waals surface area contributed by atoms with Gasteiger partial charge in [0.1, 0.15) is 24.2 Å². The van der Waals surface area contributed by atoms with Crippen LogP contribution in [0, 0.1) is 0 Å². The molecule has 1 unspecified atom stereocenters. The van der Waals surface area contributed by atoms with Gasteiger partial charge in [0, 0.05) is 6.54 Å². The molecule has 2 N–H and O–H groups in total. The predicted octanol–water partition coefficient (Wildman–Crippen LogP) is 2.49. The summed E-state index contributed by atoms with van der Waals surface area (Å²) in [4.78, 5) is 0. The van der Waals surface area contributed by atoms with Crippen molar-refractivity contribution in [2.45, 2.75) is 12.5 Å². The van der Waals surface area contributed by atoms with Crippen LogP contribution >= 0.6 is 0 Å². The first-order chi connectivity index (χ1) is 10.8. The van der Waals surface area contributed by atoms with E-state index in [1.165, 1.54) is 0 Å². The summed E-state index contributed by atoms with van der Waals surface area (Å²) in [5.41, 5.74) is 0. The van der Waals surface area contributed by atoms with E-state index < -0.39 is 6.10 Å². The molecule has 118 valence electrons. The largest absolute Gasteiger partial charge is 0.494 e. The van der Waals surface area contributed by atoms with Crippen LogP contribution < -0.4 is 14.8 Å². The van der Waals surface area contributed by atoms with Gasteiger partial charge in [-0.05, 0) is 37.2 Å². The van der Waals surface area contributed by atoms with Crippen LogP contribution in [-0.2, 0) is 0 Å². The third kappa shape index (κ3) is 6.61. The molecule has 0 amide bonds. The minimum absolute atomic E-state index is 0.289. The molecule has 0 saturated carbocycles. The molecule has 0 saturated heterocycles. The highest BCUT2D eigenvalue weighted by molar-refractivity contribution is 5.21. The van der Waals surface area contributed by atoms with Crippen LogP contribution in [0.4, 0.5) is 0 Å². The number of hydrogen-bond donors (Lipinski definition) is 2. The Morgan fingerprint density at radius 2 is 1.45 bits per heavy atom. The van der Waals surface area contributed by atoms with E-state index in [4.69, 9.17) is 9.47 Å². The Morgan fingerprint density at radius 3 is 2.09 bits per heavy atom. The topological polar surface area (TPSA) is 50.7 Å². The van der Waals surface area contributed by atoms with Crippen molar-refractivity contribution in [3.05, 3.63) is 60.7 Å². The van der Waals surface area contributed by atoms with Gasteiger partial charge in [0.15, 0.2) is 0 Å². The molecule has 0 aliphatic carbocycles. The maximum absolute atomic E-state index is 9.83. The zero-order chi connectivity index (χ0) is 15.5. The Bertz CT molecular complexity index is 504. The fraction of sp³-hybridized carbons (Fsp3) is 0.333. The van der Waals surface area contributed by atoms with E-state index in [9.17, 15) is 5.11 Å². The van der Waals surface area contributed by atoms with Gasteiger partial charge in [0.25, 0.3) is 0 Å². The Hall–Kier alpha value is -2.04. The number of benzene rings is 2. The minimum atomic E-state index is -0.518. The second kappa shape index (κ2) is 9.82. The molecule has 0 fully saturated rings. The number of rotatable bonds is 10. The summed E-state index contributed by atoms with van der Waals surface area (Å²) in [5.74, 6) is 1.66. The Kier molecular flexibility index (Phi) is 7.29. The highest BCUT2D eigenvalue weighted by Crippen LogP contribution is 2.09. The predicted molar refractivity (Wildman–Crippen MR) is 87.4 cm³/mol. The van der Waals surface area contributed by atoms with Crippen LogP contribution in [0.3, 0.4) is 0 Å². The van der Waals surface area contributed by atoms with Crippen LogP contribution in [0.2, 0.25) is 0 Å². The molecule has 0 radical (unpaired) electrons. The number of para-hydroxylation sites is 2. The molecule has 0 heterocycles. The molecular formula is C18H23NO3. The molecule has 2 rings (SSSR count). The highest BCUT2D eigenvalue weighted by Gasteiger charge is 2.04. The molecule has 2 aromatic carbocycles. The van der Waals surface area contributed by atoms with Gasteiger partial charge in [-0.3, -0.25) is 0 Å². The first-order valence-electron chi connectivity index (χ1n) is 7.59. The van der Waals surface area contributed by atoms with Crippen molar-refractivity contribution in [3.8, 4) is 11.5 Å². The average molecular weight is 301 g/mol. The Morgan fingerprint density at radius 1 is 0.864 bits per heavy atom. The molecule has 2 aromatic rings. The first-order valence-corrected chi connectivity index (χ1v) is 7.59. The molecule has 0 aliphatic heterocycles. The van der Waals surface area contributed by atoms with Crippen LogP contribution in [0.1, 0.15) is 6.42 Å². The van der Waals surface area contributed by atoms with E-state index in [0.717, 1.165) is 24.5 Å². The van der Waals surface area contributed by atoms with Gasteiger partial charge in [-0.25, -0.2) is 0 Å². The number of nitrogens with one attached hydrogen (secondary N) is 1. The van der Waals surface area contributed by atoms with Crippen molar-refractivity contribution in [1.82, 2.24) is 5.32 Å². The molecule has 22 heavy (non-hydrogen) atoms. The van der Waals surface area contributed by atoms with E-state index >= 15 is 0 Å². The van der Waals surface area contributed by atoms with Gasteiger partial charge in [-0.2, -0.15) is 0 Å². The zero-order valence-electron chi connectivity index (χ0n) is 12.7. The monoisotopic (exact) mass is 301 g/mol. The minimum Gasteiger partial charge on any atom is -0.494 e. The van der Waals surface area contributed by atoms with E-state index in [0.29, 0.717) is 13.2 Å². The molecule has 4 heteroatoms. The van der Waals surface area contributed by atoms with Crippen molar-refractivity contribution in [1.29, 1.82) is 0 Å². The lowest BCUT2D eigenvalue weighted by Gasteiger charge is -2.13. The first kappa shape index (κ1) is 16.3. The maximum Gasteiger partial charge on any atom is 0.119 e. The van der Waals surface area contributed by atoms with Crippen molar-refractivity contribution in [3.63, 3.8) is 0 Å². The SMILES string of the molecule is OC(CNCCCOc1ccccc1)COc1ccccc1. The van der Waals surface area contributed by atoms with E-state index in [2.05, 4.69) is 5.32 Å². The van der Waals surface area contributed by atoms with Crippen LogP contribution in [-0.4, -0.2) is 37.5 Å². The molecule has 1 atom stereocenters. The smallest absolute Gasteiger partial charge is 0.119 e. The zero-order valence-corrected chi connectivity index (χ0v) is 12.7. The van der Waals surface area contributed by atoms with Crippen LogP contribution in [0.5, 0.6) is 11.5 Å². The van der Waals surface area contributed by atoms with E-state index in [1.807, 2.05) is 60.7 Å². The van der Waals surface area contributed by atoms with Gasteiger partial charge in [-0.1, -0.05) is 36.4 Å². The van der Waals surface area contributed by atoms with Crippen molar-refractivity contribution in [2.75, 3.05) is 26.3 Å². The van der Waals surface area contributed by atoms with Crippen LogP contribution in [0.25, 0.3) is 0 Å². The fourth-order valence-electron chi connectivity index (χ4n) is 1.94. The van der Waals surface area contributed by atoms with Gasteiger partial charge in [0.05, 0.1) is 6.61 Å². The number of hydrogen-bond acceptors (Lipinski definition) is 4. The lowest BCUT2D eigenvalue weighted by atomic mass is 10.3. The highest BCUT2D eigenvalue weighted by atomic mass is 16.5. The average Bonchev–Trinajstić information content (AvgIpc) is 2.58. The summed E-state index contributed by atoms with van der Waals surface area (Å²) in [6.07, 6.45) is 0.372. The summed E-state index contributed by atoms with van der Waals surface area (Å²) < 4.78 is 11.1. The third-order valence-corrected chi connectivity index (χ3v) is 3.08. The van der Waals surface area contributed by atoms with Crippen molar-refractivity contribution >= 4 is 0 Å². The van der Waals surface area contributed by atoms with Gasteiger partial charge in [0.2, 0.25) is 0 Å². The lowest BCUT2D eigenvalue weighted by molar-refractivity contribution is 0.106. The summed E-state index contributed by atoms with van der Waals surface area (Å²) in [7, 11) is 0. The van der Waals surface area contributed by atoms with Crippen molar-refractivity contribution in [2.24, 2.45) is 0 Å². The molecule has 0 aliphatic rings.